The van der Waals surface area contributed by atoms with Gasteiger partial charge in [-0.3, -0.25) is 4.79 Å². The second-order valence-corrected chi connectivity index (χ2v) is 5.58. The molecule has 0 saturated carbocycles. The van der Waals surface area contributed by atoms with Crippen LogP contribution in [0, 0.1) is 17.2 Å². The van der Waals surface area contributed by atoms with Crippen molar-refractivity contribution in [2.75, 3.05) is 18.0 Å². The Hall–Kier alpha value is -1.83. The zero-order valence-electron chi connectivity index (χ0n) is 12.1. The molecule has 1 aromatic heterocycles. The SMILES string of the molecule is CC1CCCN(c2cnn(CCCCC#N)c(=O)c2)C1. The fourth-order valence-corrected chi connectivity index (χ4v) is 2.65. The molecule has 0 bridgehead atoms. The molecular formula is C15H22N4O. The van der Waals surface area contributed by atoms with Crippen LogP contribution in [0.3, 0.4) is 0 Å². The molecule has 5 nitrogen and oxygen atoms in total. The smallest absolute Gasteiger partial charge is 0.268 e. The molecule has 0 amide bonds. The molecule has 2 heterocycles. The van der Waals surface area contributed by atoms with Crippen LogP contribution >= 0.6 is 0 Å². The van der Waals surface area contributed by atoms with Gasteiger partial charge in [0.2, 0.25) is 0 Å². The number of aryl methyl sites for hydroxylation is 1. The van der Waals surface area contributed by atoms with Crippen molar-refractivity contribution in [3.05, 3.63) is 22.6 Å². The first-order valence-corrected chi connectivity index (χ1v) is 7.40. The lowest BCUT2D eigenvalue weighted by Crippen LogP contribution is -2.35. The van der Waals surface area contributed by atoms with E-state index in [-0.39, 0.29) is 5.56 Å². The van der Waals surface area contributed by atoms with Crippen LogP contribution in [-0.2, 0) is 6.54 Å². The Morgan fingerprint density at radius 2 is 2.35 bits per heavy atom. The number of hydrogen-bond acceptors (Lipinski definition) is 4. The summed E-state index contributed by atoms with van der Waals surface area (Å²) in [6.07, 6.45) is 6.41. The number of unbranched alkanes of at least 4 members (excludes halogenated alkanes) is 2. The average molecular weight is 274 g/mol. The van der Waals surface area contributed by atoms with E-state index < -0.39 is 0 Å². The highest BCUT2D eigenvalue weighted by Crippen LogP contribution is 2.20. The summed E-state index contributed by atoms with van der Waals surface area (Å²) in [5.41, 5.74) is 0.896. The van der Waals surface area contributed by atoms with Gasteiger partial charge in [0.05, 0.1) is 18.0 Å². The van der Waals surface area contributed by atoms with E-state index in [4.69, 9.17) is 5.26 Å². The Kier molecular flexibility index (Phi) is 5.16. The Morgan fingerprint density at radius 1 is 1.50 bits per heavy atom. The van der Waals surface area contributed by atoms with Crippen LogP contribution in [0.4, 0.5) is 5.69 Å². The van der Waals surface area contributed by atoms with Gasteiger partial charge in [-0.25, -0.2) is 4.68 Å². The second kappa shape index (κ2) is 7.09. The molecule has 108 valence electrons. The Labute approximate surface area is 119 Å². The molecule has 0 radical (unpaired) electrons. The van der Waals surface area contributed by atoms with Gasteiger partial charge in [0.15, 0.2) is 0 Å². The van der Waals surface area contributed by atoms with Crippen LogP contribution in [0.15, 0.2) is 17.1 Å². The third kappa shape index (κ3) is 3.83. The molecule has 2 rings (SSSR count). The van der Waals surface area contributed by atoms with Gasteiger partial charge in [-0.05, 0) is 31.6 Å². The fraction of sp³-hybridized carbons (Fsp3) is 0.667. The molecule has 1 fully saturated rings. The molecule has 0 N–H and O–H groups in total. The van der Waals surface area contributed by atoms with E-state index >= 15 is 0 Å². The first-order chi connectivity index (χ1) is 9.70. The van der Waals surface area contributed by atoms with E-state index in [0.717, 1.165) is 31.6 Å². The third-order valence-electron chi connectivity index (χ3n) is 3.79. The van der Waals surface area contributed by atoms with Gasteiger partial charge in [0.25, 0.3) is 5.56 Å². The van der Waals surface area contributed by atoms with E-state index in [1.165, 1.54) is 17.5 Å². The van der Waals surface area contributed by atoms with Crippen LogP contribution in [0.2, 0.25) is 0 Å². The van der Waals surface area contributed by atoms with Gasteiger partial charge in [0, 0.05) is 32.1 Å². The lowest BCUT2D eigenvalue weighted by molar-refractivity contribution is 0.445. The van der Waals surface area contributed by atoms with Gasteiger partial charge in [-0.15, -0.1) is 0 Å². The molecule has 1 aliphatic heterocycles. The number of nitrogens with zero attached hydrogens (tertiary/aromatic N) is 4. The van der Waals surface area contributed by atoms with E-state index in [0.29, 0.717) is 18.9 Å². The molecule has 5 heteroatoms. The lowest BCUT2D eigenvalue weighted by atomic mass is 10.00. The second-order valence-electron chi connectivity index (χ2n) is 5.58. The number of anilines is 1. The first-order valence-electron chi connectivity index (χ1n) is 7.40. The molecule has 20 heavy (non-hydrogen) atoms. The number of aromatic nitrogens is 2. The van der Waals surface area contributed by atoms with Crippen LogP contribution < -0.4 is 10.5 Å². The van der Waals surface area contributed by atoms with Crippen molar-refractivity contribution in [3.8, 4) is 6.07 Å². The molecular weight excluding hydrogens is 252 g/mol. The standard InChI is InChI=1S/C15H22N4O/c1-13-6-5-8-18(12-13)14-10-15(20)19(17-11-14)9-4-2-3-7-16/h10-11,13H,2-6,8-9,12H2,1H3. The maximum absolute atomic E-state index is 12.0. The Balaban J connectivity index is 1.98. The van der Waals surface area contributed by atoms with Crippen LogP contribution in [-0.4, -0.2) is 22.9 Å². The largest absolute Gasteiger partial charge is 0.370 e. The summed E-state index contributed by atoms with van der Waals surface area (Å²) < 4.78 is 1.49. The van der Waals surface area contributed by atoms with Gasteiger partial charge in [-0.2, -0.15) is 10.4 Å². The van der Waals surface area contributed by atoms with Crippen molar-refractivity contribution in [2.24, 2.45) is 5.92 Å². The number of piperidine rings is 1. The van der Waals surface area contributed by atoms with Gasteiger partial charge >= 0.3 is 0 Å². The zero-order chi connectivity index (χ0) is 14.4. The first kappa shape index (κ1) is 14.6. The van der Waals surface area contributed by atoms with Crippen molar-refractivity contribution in [3.63, 3.8) is 0 Å². The van der Waals surface area contributed by atoms with E-state index in [9.17, 15) is 4.79 Å². The Morgan fingerprint density at radius 3 is 3.05 bits per heavy atom. The van der Waals surface area contributed by atoms with Crippen LogP contribution in [0.25, 0.3) is 0 Å². The topological polar surface area (TPSA) is 61.9 Å². The van der Waals surface area contributed by atoms with Crippen LogP contribution in [0.5, 0.6) is 0 Å². The summed E-state index contributed by atoms with van der Waals surface area (Å²) in [6.45, 7) is 4.86. The minimum Gasteiger partial charge on any atom is -0.370 e. The molecule has 1 aliphatic rings. The predicted octanol–water partition coefficient (Wildman–Crippen LogP) is 2.17. The fourth-order valence-electron chi connectivity index (χ4n) is 2.65. The average Bonchev–Trinajstić information content (AvgIpc) is 2.45. The highest BCUT2D eigenvalue weighted by Gasteiger charge is 2.17. The number of rotatable bonds is 5. The maximum Gasteiger partial charge on any atom is 0.268 e. The molecule has 1 unspecified atom stereocenters. The summed E-state index contributed by atoms with van der Waals surface area (Å²) in [6, 6.07) is 3.80. The summed E-state index contributed by atoms with van der Waals surface area (Å²) in [4.78, 5) is 14.3. The van der Waals surface area contributed by atoms with Crippen molar-refractivity contribution < 1.29 is 0 Å². The van der Waals surface area contributed by atoms with E-state index in [1.807, 2.05) is 0 Å². The lowest BCUT2D eigenvalue weighted by Gasteiger charge is -2.32. The van der Waals surface area contributed by atoms with Crippen molar-refractivity contribution in [2.45, 2.75) is 45.6 Å². The third-order valence-corrected chi connectivity index (χ3v) is 3.79. The highest BCUT2D eigenvalue weighted by molar-refractivity contribution is 5.43. The summed E-state index contributed by atoms with van der Waals surface area (Å²) in [5, 5.41) is 12.7. The normalized spacial score (nSPS) is 18.8. The predicted molar refractivity (Wildman–Crippen MR) is 78.6 cm³/mol. The summed E-state index contributed by atoms with van der Waals surface area (Å²) in [7, 11) is 0. The molecule has 0 aromatic carbocycles. The minimum absolute atomic E-state index is 0.0438. The van der Waals surface area contributed by atoms with Crippen LogP contribution in [0.1, 0.15) is 39.0 Å². The maximum atomic E-state index is 12.0. The van der Waals surface area contributed by atoms with Crippen molar-refractivity contribution >= 4 is 5.69 Å². The van der Waals surface area contributed by atoms with Gasteiger partial charge in [0.1, 0.15) is 0 Å². The molecule has 1 aromatic rings. The molecule has 1 atom stereocenters. The van der Waals surface area contributed by atoms with Gasteiger partial charge < -0.3 is 4.90 Å². The summed E-state index contributed by atoms with van der Waals surface area (Å²) >= 11 is 0. The Bertz CT molecular complexity index is 531. The van der Waals surface area contributed by atoms with Gasteiger partial charge in [-0.1, -0.05) is 6.92 Å². The summed E-state index contributed by atoms with van der Waals surface area (Å²) in [5.74, 6) is 0.678. The van der Waals surface area contributed by atoms with Crippen molar-refractivity contribution in [1.82, 2.24) is 9.78 Å². The molecule has 0 aliphatic carbocycles. The highest BCUT2D eigenvalue weighted by atomic mass is 16.1. The number of nitriles is 1. The minimum atomic E-state index is -0.0438. The zero-order valence-corrected chi connectivity index (χ0v) is 12.1. The number of hydrogen-bond donors (Lipinski definition) is 0. The van der Waals surface area contributed by atoms with E-state index in [1.54, 1.807) is 12.3 Å². The van der Waals surface area contributed by atoms with E-state index in [2.05, 4.69) is 23.0 Å². The van der Waals surface area contributed by atoms with Crippen molar-refractivity contribution in [1.29, 1.82) is 5.26 Å². The molecule has 0 spiro atoms. The molecule has 1 saturated heterocycles. The quantitative estimate of drug-likeness (QED) is 0.772. The monoisotopic (exact) mass is 274 g/mol.